The molecule has 2 aromatic rings. The molecular weight excluding hydrogens is 316 g/mol. The molecule has 0 radical (unpaired) electrons. The molecule has 2 N–H and O–H groups in total. The van der Waals surface area contributed by atoms with Crippen molar-refractivity contribution in [3.8, 4) is 5.75 Å². The molecule has 1 fully saturated rings. The van der Waals surface area contributed by atoms with E-state index in [0.717, 1.165) is 37.2 Å². The number of ether oxygens (including phenoxy) is 1. The van der Waals surface area contributed by atoms with Gasteiger partial charge in [0.15, 0.2) is 0 Å². The van der Waals surface area contributed by atoms with E-state index in [9.17, 15) is 4.79 Å². The van der Waals surface area contributed by atoms with Gasteiger partial charge in [-0.3, -0.25) is 9.48 Å². The van der Waals surface area contributed by atoms with Crippen LogP contribution in [0.25, 0.3) is 0 Å². The number of piperidine rings is 1. The maximum atomic E-state index is 12.7. The lowest BCUT2D eigenvalue weighted by Crippen LogP contribution is -2.45. The van der Waals surface area contributed by atoms with Crippen LogP contribution < -0.4 is 10.5 Å². The number of rotatable bonds is 5. The van der Waals surface area contributed by atoms with Crippen molar-refractivity contribution in [2.75, 3.05) is 20.2 Å². The molecule has 1 aromatic carbocycles. The predicted octanol–water partition coefficient (Wildman–Crippen LogP) is 2.14. The molecule has 1 amide bonds. The molecule has 3 rings (SSSR count). The van der Waals surface area contributed by atoms with Crippen LogP contribution in [0.4, 0.5) is 0 Å². The van der Waals surface area contributed by atoms with E-state index >= 15 is 0 Å². The zero-order valence-electron chi connectivity index (χ0n) is 14.9. The first kappa shape index (κ1) is 17.5. The smallest absolute Gasteiger partial charge is 0.257 e. The fourth-order valence-electron chi connectivity index (χ4n) is 3.28. The highest BCUT2D eigenvalue weighted by Gasteiger charge is 2.27. The predicted molar refractivity (Wildman–Crippen MR) is 96.6 cm³/mol. The van der Waals surface area contributed by atoms with E-state index in [1.165, 1.54) is 0 Å². The van der Waals surface area contributed by atoms with Crippen molar-refractivity contribution in [1.82, 2.24) is 14.7 Å². The van der Waals surface area contributed by atoms with E-state index in [2.05, 4.69) is 5.10 Å². The molecule has 6 nitrogen and oxygen atoms in total. The van der Waals surface area contributed by atoms with Crippen LogP contribution in [0.1, 0.15) is 35.7 Å². The molecule has 6 heteroatoms. The molecule has 0 saturated carbocycles. The number of hydrogen-bond donors (Lipinski definition) is 1. The molecule has 0 bridgehead atoms. The minimum Gasteiger partial charge on any atom is -0.497 e. The van der Waals surface area contributed by atoms with Gasteiger partial charge in [0.25, 0.3) is 5.91 Å². The molecule has 25 heavy (non-hydrogen) atoms. The molecule has 2 atom stereocenters. The van der Waals surface area contributed by atoms with Crippen LogP contribution in [-0.4, -0.2) is 46.8 Å². The highest BCUT2D eigenvalue weighted by atomic mass is 16.5. The van der Waals surface area contributed by atoms with Gasteiger partial charge in [0.05, 0.1) is 25.4 Å². The quantitative estimate of drug-likeness (QED) is 0.903. The van der Waals surface area contributed by atoms with Crippen molar-refractivity contribution >= 4 is 5.91 Å². The summed E-state index contributed by atoms with van der Waals surface area (Å²) in [5.74, 6) is 1.26. The summed E-state index contributed by atoms with van der Waals surface area (Å²) in [6, 6.07) is 7.97. The Morgan fingerprint density at radius 2 is 2.16 bits per heavy atom. The molecule has 1 aliphatic heterocycles. The number of carbonyl (C=O) groups is 1. The highest BCUT2D eigenvalue weighted by molar-refractivity contribution is 5.93. The number of aromatic nitrogens is 2. The van der Waals surface area contributed by atoms with Crippen LogP contribution in [0, 0.1) is 5.92 Å². The first-order valence-electron chi connectivity index (χ1n) is 8.77. The summed E-state index contributed by atoms with van der Waals surface area (Å²) in [4.78, 5) is 14.6. The average molecular weight is 342 g/mol. The van der Waals surface area contributed by atoms with E-state index in [-0.39, 0.29) is 11.9 Å². The largest absolute Gasteiger partial charge is 0.497 e. The summed E-state index contributed by atoms with van der Waals surface area (Å²) in [7, 11) is 1.65. The SMILES string of the molecule is COc1ccc(Cn2cc(C(=O)N3CCC[C@H]([C@H](C)N)C3)cn2)cc1. The third-order valence-corrected chi connectivity index (χ3v) is 4.87. The Kier molecular flexibility index (Phi) is 5.38. The number of benzene rings is 1. The number of nitrogens with zero attached hydrogens (tertiary/aromatic N) is 3. The maximum Gasteiger partial charge on any atom is 0.257 e. The summed E-state index contributed by atoms with van der Waals surface area (Å²) < 4.78 is 6.96. The van der Waals surface area contributed by atoms with Crippen LogP contribution in [0.5, 0.6) is 5.75 Å². The third-order valence-electron chi connectivity index (χ3n) is 4.87. The van der Waals surface area contributed by atoms with Gasteiger partial charge in [-0.2, -0.15) is 5.10 Å². The number of carbonyl (C=O) groups excluding carboxylic acids is 1. The second-order valence-electron chi connectivity index (χ2n) is 6.79. The summed E-state index contributed by atoms with van der Waals surface area (Å²) in [5, 5.41) is 4.34. The maximum absolute atomic E-state index is 12.7. The van der Waals surface area contributed by atoms with E-state index in [1.54, 1.807) is 18.0 Å². The second-order valence-corrected chi connectivity index (χ2v) is 6.79. The van der Waals surface area contributed by atoms with Crippen LogP contribution in [0.2, 0.25) is 0 Å². The van der Waals surface area contributed by atoms with E-state index in [0.29, 0.717) is 18.0 Å². The summed E-state index contributed by atoms with van der Waals surface area (Å²) in [5.41, 5.74) is 7.76. The molecule has 1 aliphatic rings. The molecule has 2 heterocycles. The van der Waals surface area contributed by atoms with Crippen molar-refractivity contribution in [2.45, 2.75) is 32.4 Å². The fraction of sp³-hybridized carbons (Fsp3) is 0.474. The summed E-state index contributed by atoms with van der Waals surface area (Å²) >= 11 is 0. The fourth-order valence-corrected chi connectivity index (χ4v) is 3.28. The average Bonchev–Trinajstić information content (AvgIpc) is 3.10. The molecule has 0 aliphatic carbocycles. The summed E-state index contributed by atoms with van der Waals surface area (Å²) in [6.07, 6.45) is 5.58. The van der Waals surface area contributed by atoms with Crippen LogP contribution in [0.15, 0.2) is 36.7 Å². The molecular formula is C19H26N4O2. The number of methoxy groups -OCH3 is 1. The van der Waals surface area contributed by atoms with E-state index < -0.39 is 0 Å². The molecule has 1 saturated heterocycles. The van der Waals surface area contributed by atoms with Gasteiger partial charge in [-0.15, -0.1) is 0 Å². The van der Waals surface area contributed by atoms with Crippen molar-refractivity contribution in [3.63, 3.8) is 0 Å². The Balaban J connectivity index is 1.64. The second kappa shape index (κ2) is 7.70. The van der Waals surface area contributed by atoms with E-state index in [1.807, 2.05) is 42.3 Å². The van der Waals surface area contributed by atoms with Gasteiger partial charge in [0, 0.05) is 25.3 Å². The van der Waals surface area contributed by atoms with Crippen molar-refractivity contribution in [1.29, 1.82) is 0 Å². The first-order valence-corrected chi connectivity index (χ1v) is 8.77. The molecule has 0 spiro atoms. The Hall–Kier alpha value is -2.34. The molecule has 0 unspecified atom stereocenters. The van der Waals surface area contributed by atoms with Crippen molar-refractivity contribution in [2.24, 2.45) is 11.7 Å². The lowest BCUT2D eigenvalue weighted by molar-refractivity contribution is 0.0661. The monoisotopic (exact) mass is 342 g/mol. The van der Waals surface area contributed by atoms with E-state index in [4.69, 9.17) is 10.5 Å². The standard InChI is InChI=1S/C19H26N4O2/c1-14(20)16-4-3-9-22(12-16)19(24)17-10-21-23(13-17)11-15-5-7-18(25-2)8-6-15/h5-8,10,13-14,16H,3-4,9,11-12,20H2,1-2H3/t14-,16-/m0/s1. The van der Waals surface area contributed by atoms with Gasteiger partial charge >= 0.3 is 0 Å². The van der Waals surface area contributed by atoms with Crippen LogP contribution in [-0.2, 0) is 6.54 Å². The number of hydrogen-bond acceptors (Lipinski definition) is 4. The minimum atomic E-state index is 0.0475. The van der Waals surface area contributed by atoms with Crippen molar-refractivity contribution in [3.05, 3.63) is 47.8 Å². The summed E-state index contributed by atoms with van der Waals surface area (Å²) in [6.45, 7) is 4.18. The van der Waals surface area contributed by atoms with Gasteiger partial charge < -0.3 is 15.4 Å². The Bertz CT molecular complexity index is 708. The Labute approximate surface area is 148 Å². The van der Waals surface area contributed by atoms with Crippen LogP contribution >= 0.6 is 0 Å². The lowest BCUT2D eigenvalue weighted by Gasteiger charge is -2.34. The zero-order valence-corrected chi connectivity index (χ0v) is 14.9. The highest BCUT2D eigenvalue weighted by Crippen LogP contribution is 2.20. The lowest BCUT2D eigenvalue weighted by atomic mass is 9.92. The topological polar surface area (TPSA) is 73.4 Å². The third kappa shape index (κ3) is 4.20. The van der Waals surface area contributed by atoms with Crippen LogP contribution in [0.3, 0.4) is 0 Å². The van der Waals surface area contributed by atoms with Gasteiger partial charge in [-0.1, -0.05) is 12.1 Å². The minimum absolute atomic E-state index is 0.0475. The van der Waals surface area contributed by atoms with Gasteiger partial charge in [0.2, 0.25) is 0 Å². The van der Waals surface area contributed by atoms with Gasteiger partial charge in [-0.05, 0) is 43.4 Å². The number of likely N-dealkylation sites (tertiary alicyclic amines) is 1. The molecule has 134 valence electrons. The van der Waals surface area contributed by atoms with Gasteiger partial charge in [-0.25, -0.2) is 0 Å². The van der Waals surface area contributed by atoms with Crippen molar-refractivity contribution < 1.29 is 9.53 Å². The molecule has 1 aromatic heterocycles. The number of nitrogens with two attached hydrogens (primary N) is 1. The Morgan fingerprint density at radius 1 is 1.40 bits per heavy atom. The number of amides is 1. The Morgan fingerprint density at radius 3 is 2.84 bits per heavy atom. The first-order chi connectivity index (χ1) is 12.1. The zero-order chi connectivity index (χ0) is 17.8. The normalized spacial score (nSPS) is 18.8. The van der Waals surface area contributed by atoms with Gasteiger partial charge in [0.1, 0.15) is 5.75 Å².